The molecule has 10 nitrogen and oxygen atoms in total. The molecule has 1 saturated heterocycles. The molecule has 14 heteroatoms. The zero-order valence-corrected chi connectivity index (χ0v) is 21.5. The molecule has 0 radical (unpaired) electrons. The lowest BCUT2D eigenvalue weighted by molar-refractivity contribution is -0.144. The number of aromatic nitrogens is 3. The Balaban J connectivity index is 1.71. The van der Waals surface area contributed by atoms with Gasteiger partial charge >= 0.3 is 6.18 Å². The van der Waals surface area contributed by atoms with Crippen molar-refractivity contribution in [3.05, 3.63) is 40.7 Å². The predicted octanol–water partition coefficient (Wildman–Crippen LogP) is 3.61. The van der Waals surface area contributed by atoms with Crippen molar-refractivity contribution in [2.45, 2.75) is 32.0 Å². The first-order chi connectivity index (χ1) is 18.1. The van der Waals surface area contributed by atoms with Gasteiger partial charge in [0.1, 0.15) is 18.1 Å². The Morgan fingerprint density at radius 2 is 1.92 bits per heavy atom. The summed E-state index contributed by atoms with van der Waals surface area (Å²) in [6, 6.07) is 4.87. The third-order valence-electron chi connectivity index (χ3n) is 5.98. The maximum Gasteiger partial charge on any atom is 0.433 e. The van der Waals surface area contributed by atoms with E-state index in [1.54, 1.807) is 18.2 Å². The summed E-state index contributed by atoms with van der Waals surface area (Å²) in [5.74, 6) is -0.0613. The number of hydrogen-bond acceptors (Lipinski definition) is 9. The van der Waals surface area contributed by atoms with E-state index in [0.717, 1.165) is 19.3 Å². The molecule has 1 aliphatic rings. The van der Waals surface area contributed by atoms with Crippen molar-refractivity contribution < 1.29 is 42.1 Å². The van der Waals surface area contributed by atoms with Crippen molar-refractivity contribution in [3.8, 4) is 28.3 Å². The Kier molecular flexibility index (Phi) is 8.96. The second kappa shape index (κ2) is 12.0. The van der Waals surface area contributed by atoms with Gasteiger partial charge in [-0.3, -0.25) is 9.58 Å². The number of alkyl halides is 3. The zero-order valence-electron chi connectivity index (χ0n) is 20.7. The summed E-state index contributed by atoms with van der Waals surface area (Å²) in [6.07, 6.45) is -6.71. The Hall–Kier alpha value is -2.68. The van der Waals surface area contributed by atoms with Gasteiger partial charge in [0, 0.05) is 32.3 Å². The van der Waals surface area contributed by atoms with Crippen molar-refractivity contribution in [2.75, 3.05) is 46.6 Å². The molecule has 0 spiro atoms. The van der Waals surface area contributed by atoms with Crippen LogP contribution in [-0.2, 0) is 22.2 Å². The van der Waals surface area contributed by atoms with Crippen LogP contribution in [-0.4, -0.2) is 82.7 Å². The van der Waals surface area contributed by atoms with Crippen LogP contribution in [0.5, 0.6) is 5.75 Å². The molecule has 2 aromatic heterocycles. The first-order valence-corrected chi connectivity index (χ1v) is 12.2. The van der Waals surface area contributed by atoms with E-state index >= 15 is 0 Å². The molecule has 0 aliphatic carbocycles. The maximum absolute atomic E-state index is 14.0. The number of halogens is 4. The van der Waals surface area contributed by atoms with Gasteiger partial charge in [-0.1, -0.05) is 28.9 Å². The largest absolute Gasteiger partial charge is 0.491 e. The lowest BCUT2D eigenvalue weighted by atomic mass is 10.0. The van der Waals surface area contributed by atoms with E-state index < -0.39 is 42.1 Å². The average molecular weight is 561 g/mol. The summed E-state index contributed by atoms with van der Waals surface area (Å²) in [6.45, 7) is 4.84. The molecule has 3 heterocycles. The molecule has 1 unspecified atom stereocenters. The summed E-state index contributed by atoms with van der Waals surface area (Å²) in [7, 11) is 1.18. The summed E-state index contributed by atoms with van der Waals surface area (Å²) in [5.41, 5.74) is -1.56. The fraction of sp³-hybridized carbons (Fsp3) is 0.500. The molecular weight excluding hydrogens is 533 g/mol. The van der Waals surface area contributed by atoms with Gasteiger partial charge in [-0.2, -0.15) is 18.3 Å². The van der Waals surface area contributed by atoms with Crippen LogP contribution in [0.3, 0.4) is 0 Å². The number of hydrogen-bond donors (Lipinski definition) is 2. The van der Waals surface area contributed by atoms with Gasteiger partial charge in [0.05, 0.1) is 48.2 Å². The molecule has 0 bridgehead atoms. The third kappa shape index (κ3) is 6.14. The monoisotopic (exact) mass is 560 g/mol. The van der Waals surface area contributed by atoms with E-state index in [0.29, 0.717) is 36.8 Å². The first kappa shape index (κ1) is 28.3. The van der Waals surface area contributed by atoms with E-state index in [2.05, 4.69) is 15.2 Å². The van der Waals surface area contributed by atoms with Gasteiger partial charge in [-0.05, 0) is 13.0 Å². The Morgan fingerprint density at radius 3 is 2.58 bits per heavy atom. The third-order valence-corrected chi connectivity index (χ3v) is 6.36. The lowest BCUT2D eigenvalue weighted by Gasteiger charge is -2.26. The molecule has 1 fully saturated rings. The minimum absolute atomic E-state index is 0.0191. The van der Waals surface area contributed by atoms with Crippen LogP contribution >= 0.6 is 11.6 Å². The first-order valence-electron chi connectivity index (χ1n) is 11.9. The van der Waals surface area contributed by atoms with Gasteiger partial charge < -0.3 is 28.9 Å². The highest BCUT2D eigenvalue weighted by atomic mass is 35.5. The maximum atomic E-state index is 14.0. The van der Waals surface area contributed by atoms with Crippen molar-refractivity contribution >= 4 is 11.6 Å². The fourth-order valence-corrected chi connectivity index (χ4v) is 4.46. The smallest absolute Gasteiger partial charge is 0.433 e. The second-order valence-electron chi connectivity index (χ2n) is 8.72. The summed E-state index contributed by atoms with van der Waals surface area (Å²) in [4.78, 5) is 2.19. The molecule has 208 valence electrons. The van der Waals surface area contributed by atoms with Crippen LogP contribution in [0.25, 0.3) is 22.6 Å². The van der Waals surface area contributed by atoms with Gasteiger partial charge in [0.2, 0.25) is 0 Å². The molecule has 2 N–H and O–H groups in total. The van der Waals surface area contributed by atoms with Crippen LogP contribution in [0.1, 0.15) is 24.5 Å². The topological polar surface area (TPSA) is 115 Å². The van der Waals surface area contributed by atoms with E-state index in [4.69, 9.17) is 30.3 Å². The number of aliphatic hydroxyl groups is 2. The Bertz CT molecular complexity index is 1230. The summed E-state index contributed by atoms with van der Waals surface area (Å²) < 4.78 is 64.4. The molecule has 3 aromatic rings. The molecule has 2 atom stereocenters. The van der Waals surface area contributed by atoms with Gasteiger partial charge in [0.25, 0.3) is 0 Å². The standard InChI is InChI=1S/C24H28ClF3N4O6/c1-14(33)13-32-22(24(26,27)28)16(12-29-32)21-18(23(34)35-2)20(30-38-21)15-4-3-5-17(19(15)25)37-11-8-31-6-9-36-10-7-31/h3-5,12,14,23,33-34H,6-11,13H2,1-2H3/t14-,23?/m0/s1. The number of benzene rings is 1. The highest BCUT2D eigenvalue weighted by Crippen LogP contribution is 2.45. The minimum Gasteiger partial charge on any atom is -0.491 e. The molecule has 1 aliphatic heterocycles. The SMILES string of the molecule is COC(O)c1c(-c2cccc(OCCN3CCOCC3)c2Cl)noc1-c1cnn(C[C@H](C)O)c1C(F)(F)F. The van der Waals surface area contributed by atoms with Crippen LogP contribution in [0.4, 0.5) is 13.2 Å². The minimum atomic E-state index is -4.85. The Labute approximate surface area is 221 Å². The van der Waals surface area contributed by atoms with Gasteiger partial charge in [-0.25, -0.2) is 0 Å². The van der Waals surface area contributed by atoms with E-state index in [-0.39, 0.29) is 21.8 Å². The molecule has 1 aromatic carbocycles. The van der Waals surface area contributed by atoms with Crippen molar-refractivity contribution in [2.24, 2.45) is 0 Å². The molecule has 0 saturated carbocycles. The quantitative estimate of drug-likeness (QED) is 0.359. The fourth-order valence-electron chi connectivity index (χ4n) is 4.19. The average Bonchev–Trinajstić information content (AvgIpc) is 3.49. The zero-order chi connectivity index (χ0) is 27.4. The predicted molar refractivity (Wildman–Crippen MR) is 130 cm³/mol. The number of rotatable bonds is 10. The van der Waals surface area contributed by atoms with Gasteiger partial charge in [-0.15, -0.1) is 0 Å². The summed E-state index contributed by atoms with van der Waals surface area (Å²) >= 11 is 6.62. The number of nitrogens with zero attached hydrogens (tertiary/aromatic N) is 4. The molecule has 4 rings (SSSR count). The number of ether oxygens (including phenoxy) is 3. The molecular formula is C24H28ClF3N4O6. The second-order valence-corrected chi connectivity index (χ2v) is 9.10. The Morgan fingerprint density at radius 1 is 1.18 bits per heavy atom. The van der Waals surface area contributed by atoms with Crippen LogP contribution in [0.15, 0.2) is 28.9 Å². The van der Waals surface area contributed by atoms with Gasteiger partial charge in [0.15, 0.2) is 17.7 Å². The van der Waals surface area contributed by atoms with E-state index in [1.807, 2.05) is 0 Å². The van der Waals surface area contributed by atoms with Crippen LogP contribution in [0.2, 0.25) is 5.02 Å². The highest BCUT2D eigenvalue weighted by Gasteiger charge is 2.41. The lowest BCUT2D eigenvalue weighted by Crippen LogP contribution is -2.38. The van der Waals surface area contributed by atoms with Crippen molar-refractivity contribution in [1.29, 1.82) is 0 Å². The normalized spacial score (nSPS) is 16.5. The highest BCUT2D eigenvalue weighted by molar-refractivity contribution is 6.34. The van der Waals surface area contributed by atoms with E-state index in [9.17, 15) is 23.4 Å². The van der Waals surface area contributed by atoms with Crippen molar-refractivity contribution in [1.82, 2.24) is 19.8 Å². The van der Waals surface area contributed by atoms with Crippen molar-refractivity contribution in [3.63, 3.8) is 0 Å². The molecule has 0 amide bonds. The van der Waals surface area contributed by atoms with Crippen LogP contribution in [0, 0.1) is 0 Å². The summed E-state index contributed by atoms with van der Waals surface area (Å²) in [5, 5.41) is 28.1. The number of aliphatic hydroxyl groups excluding tert-OH is 2. The van der Waals surface area contributed by atoms with Crippen LogP contribution < -0.4 is 4.74 Å². The van der Waals surface area contributed by atoms with E-state index in [1.165, 1.54) is 14.0 Å². The molecule has 38 heavy (non-hydrogen) atoms. The number of morpholine rings is 1. The number of methoxy groups -OCH3 is 1.